The second-order valence-electron chi connectivity index (χ2n) is 7.70. The van der Waals surface area contributed by atoms with E-state index in [1.807, 2.05) is 38.1 Å². The maximum absolute atomic E-state index is 14.0. The van der Waals surface area contributed by atoms with Crippen LogP contribution in [0.1, 0.15) is 22.3 Å². The van der Waals surface area contributed by atoms with Gasteiger partial charge in [-0.25, -0.2) is 4.39 Å². The third-order valence-corrected chi connectivity index (χ3v) is 7.53. The zero-order valence-electron chi connectivity index (χ0n) is 18.7. The molecular formula is C26H21FINO3S2. The molecule has 174 valence electrons. The van der Waals surface area contributed by atoms with Gasteiger partial charge in [0.1, 0.15) is 12.4 Å². The maximum atomic E-state index is 14.0. The molecule has 0 aliphatic carbocycles. The molecule has 3 aromatic carbocycles. The maximum Gasteiger partial charge on any atom is 0.270 e. The number of hydrogen-bond acceptors (Lipinski definition) is 5. The molecule has 8 heteroatoms. The summed E-state index contributed by atoms with van der Waals surface area (Å²) in [6, 6.07) is 16.0. The third-order valence-electron chi connectivity index (χ3n) is 5.42. The predicted molar refractivity (Wildman–Crippen MR) is 148 cm³/mol. The van der Waals surface area contributed by atoms with Crippen LogP contribution < -0.4 is 14.4 Å². The van der Waals surface area contributed by atoms with E-state index < -0.39 is 0 Å². The van der Waals surface area contributed by atoms with Gasteiger partial charge in [-0.05, 0) is 89.5 Å². The van der Waals surface area contributed by atoms with Crippen LogP contribution in [0.5, 0.6) is 11.5 Å². The normalized spacial score (nSPS) is 14.7. The van der Waals surface area contributed by atoms with Crippen molar-refractivity contribution in [2.75, 3.05) is 12.0 Å². The van der Waals surface area contributed by atoms with Crippen LogP contribution in [-0.2, 0) is 11.4 Å². The summed E-state index contributed by atoms with van der Waals surface area (Å²) in [6.45, 7) is 4.12. The molecule has 4 nitrogen and oxygen atoms in total. The summed E-state index contributed by atoms with van der Waals surface area (Å²) in [4.78, 5) is 15.3. The van der Waals surface area contributed by atoms with Gasteiger partial charge in [-0.2, -0.15) is 0 Å². The monoisotopic (exact) mass is 605 g/mol. The van der Waals surface area contributed by atoms with E-state index in [0.29, 0.717) is 26.3 Å². The average molecular weight is 605 g/mol. The summed E-state index contributed by atoms with van der Waals surface area (Å²) < 4.78 is 26.7. The van der Waals surface area contributed by atoms with E-state index >= 15 is 0 Å². The van der Waals surface area contributed by atoms with Crippen molar-refractivity contribution in [3.63, 3.8) is 0 Å². The molecule has 1 amide bonds. The number of carbonyl (C=O) groups excluding carboxylic acids is 1. The number of ether oxygens (including phenoxy) is 2. The first kappa shape index (κ1) is 24.7. The first-order chi connectivity index (χ1) is 16.3. The van der Waals surface area contributed by atoms with Gasteiger partial charge in [-0.1, -0.05) is 48.2 Å². The van der Waals surface area contributed by atoms with Crippen LogP contribution in [0.4, 0.5) is 10.1 Å². The molecule has 3 aromatic rings. The minimum atomic E-state index is -0.320. The van der Waals surface area contributed by atoms with E-state index in [-0.39, 0.29) is 18.3 Å². The Morgan fingerprint density at radius 2 is 1.88 bits per heavy atom. The Hall–Kier alpha value is -2.43. The molecule has 1 aliphatic heterocycles. The number of halogens is 2. The lowest BCUT2D eigenvalue weighted by molar-refractivity contribution is -0.113. The van der Waals surface area contributed by atoms with Gasteiger partial charge in [-0.3, -0.25) is 9.69 Å². The van der Waals surface area contributed by atoms with Crippen LogP contribution in [-0.4, -0.2) is 17.3 Å². The van der Waals surface area contributed by atoms with Gasteiger partial charge >= 0.3 is 0 Å². The summed E-state index contributed by atoms with van der Waals surface area (Å²) in [5.41, 5.74) is 4.25. The molecular weight excluding hydrogens is 584 g/mol. The van der Waals surface area contributed by atoms with Crippen LogP contribution in [0.2, 0.25) is 0 Å². The van der Waals surface area contributed by atoms with Crippen LogP contribution in [0.25, 0.3) is 6.08 Å². The van der Waals surface area contributed by atoms with E-state index in [1.165, 1.54) is 17.8 Å². The second kappa shape index (κ2) is 10.5. The first-order valence-corrected chi connectivity index (χ1v) is 12.7. The van der Waals surface area contributed by atoms with Crippen LogP contribution in [0.15, 0.2) is 59.5 Å². The molecule has 0 unspecified atom stereocenters. The van der Waals surface area contributed by atoms with Crippen molar-refractivity contribution in [3.8, 4) is 11.5 Å². The number of nitrogens with zero attached hydrogens (tertiary/aromatic N) is 1. The number of methoxy groups -OCH3 is 1. The van der Waals surface area contributed by atoms with Crippen molar-refractivity contribution >= 4 is 68.6 Å². The number of thioether (sulfide) groups is 1. The molecule has 1 heterocycles. The standard InChI is InChI=1S/C26H21FINO3S2/c1-15-8-9-19(10-16(15)2)29-25(30)23(34-26(29)33)13-17-11-21(28)24(22(12-17)31-3)32-14-18-6-4-5-7-20(18)27/h4-13H,14H2,1-3H3/b23-13+. The van der Waals surface area contributed by atoms with Crippen molar-refractivity contribution in [3.05, 3.63) is 91.1 Å². The Balaban J connectivity index is 1.59. The molecule has 0 bridgehead atoms. The van der Waals surface area contributed by atoms with Crippen molar-refractivity contribution in [1.82, 2.24) is 0 Å². The van der Waals surface area contributed by atoms with Gasteiger partial charge in [0.05, 0.1) is 21.3 Å². The number of carbonyl (C=O) groups is 1. The number of thiocarbonyl (C=S) groups is 1. The number of amides is 1. The Morgan fingerprint density at radius 3 is 2.59 bits per heavy atom. The van der Waals surface area contributed by atoms with Crippen LogP contribution in [0, 0.1) is 23.2 Å². The van der Waals surface area contributed by atoms with E-state index in [2.05, 4.69) is 22.6 Å². The fourth-order valence-electron chi connectivity index (χ4n) is 3.43. The molecule has 0 spiro atoms. The largest absolute Gasteiger partial charge is 0.493 e. The topological polar surface area (TPSA) is 38.8 Å². The van der Waals surface area contributed by atoms with Crippen molar-refractivity contribution in [1.29, 1.82) is 0 Å². The van der Waals surface area contributed by atoms with Gasteiger partial charge in [-0.15, -0.1) is 0 Å². The zero-order chi connectivity index (χ0) is 24.4. The van der Waals surface area contributed by atoms with Gasteiger partial charge in [0, 0.05) is 5.56 Å². The lowest BCUT2D eigenvalue weighted by Crippen LogP contribution is -2.27. The molecule has 0 aromatic heterocycles. The Labute approximate surface area is 221 Å². The van der Waals surface area contributed by atoms with Crippen LogP contribution in [0.3, 0.4) is 0 Å². The van der Waals surface area contributed by atoms with E-state index in [9.17, 15) is 9.18 Å². The predicted octanol–water partition coefficient (Wildman–Crippen LogP) is 7.04. The highest BCUT2D eigenvalue weighted by molar-refractivity contribution is 14.1. The highest BCUT2D eigenvalue weighted by Gasteiger charge is 2.33. The summed E-state index contributed by atoms with van der Waals surface area (Å²) >= 11 is 8.92. The van der Waals surface area contributed by atoms with E-state index in [1.54, 1.807) is 42.4 Å². The highest BCUT2D eigenvalue weighted by Crippen LogP contribution is 2.39. The van der Waals surface area contributed by atoms with Crippen molar-refractivity contribution in [2.45, 2.75) is 20.5 Å². The molecule has 4 rings (SSSR count). The SMILES string of the molecule is COc1cc(/C=C2/SC(=S)N(c3ccc(C)c(C)c3)C2=O)cc(I)c1OCc1ccccc1F. The zero-order valence-corrected chi connectivity index (χ0v) is 22.5. The first-order valence-electron chi connectivity index (χ1n) is 10.4. The average Bonchev–Trinajstić information content (AvgIpc) is 3.08. The smallest absolute Gasteiger partial charge is 0.270 e. The number of aryl methyl sites for hydroxylation is 2. The summed E-state index contributed by atoms with van der Waals surface area (Å²) in [5, 5.41) is 0. The molecule has 0 atom stereocenters. The van der Waals surface area contributed by atoms with E-state index in [0.717, 1.165) is 25.9 Å². The lowest BCUT2D eigenvalue weighted by Gasteiger charge is -2.16. The number of anilines is 1. The molecule has 0 N–H and O–H groups in total. The molecule has 1 saturated heterocycles. The fraction of sp³-hybridized carbons (Fsp3) is 0.154. The minimum absolute atomic E-state index is 0.0764. The molecule has 34 heavy (non-hydrogen) atoms. The van der Waals surface area contributed by atoms with Gasteiger partial charge in [0.2, 0.25) is 0 Å². The second-order valence-corrected chi connectivity index (χ2v) is 10.5. The van der Waals surface area contributed by atoms with Crippen LogP contribution >= 0.6 is 46.6 Å². The van der Waals surface area contributed by atoms with Gasteiger partial charge < -0.3 is 9.47 Å². The van der Waals surface area contributed by atoms with Crippen molar-refractivity contribution in [2.24, 2.45) is 0 Å². The number of benzene rings is 3. The Bertz CT molecular complexity index is 1330. The minimum Gasteiger partial charge on any atom is -0.493 e. The highest BCUT2D eigenvalue weighted by atomic mass is 127. The quantitative estimate of drug-likeness (QED) is 0.171. The Kier molecular flexibility index (Phi) is 7.59. The summed E-state index contributed by atoms with van der Waals surface area (Å²) in [7, 11) is 1.55. The lowest BCUT2D eigenvalue weighted by atomic mass is 10.1. The molecule has 1 fully saturated rings. The number of rotatable bonds is 6. The molecule has 1 aliphatic rings. The number of hydrogen-bond donors (Lipinski definition) is 0. The summed E-state index contributed by atoms with van der Waals surface area (Å²) in [5.74, 6) is 0.538. The van der Waals surface area contributed by atoms with Gasteiger partial charge in [0.15, 0.2) is 15.8 Å². The van der Waals surface area contributed by atoms with Crippen molar-refractivity contribution < 1.29 is 18.7 Å². The molecule has 0 saturated carbocycles. The van der Waals surface area contributed by atoms with E-state index in [4.69, 9.17) is 21.7 Å². The molecule has 0 radical (unpaired) electrons. The third kappa shape index (κ3) is 5.13. The Morgan fingerprint density at radius 1 is 1.12 bits per heavy atom. The van der Waals surface area contributed by atoms with Gasteiger partial charge in [0.25, 0.3) is 5.91 Å². The summed E-state index contributed by atoms with van der Waals surface area (Å²) in [6.07, 6.45) is 1.80. The fourth-order valence-corrected chi connectivity index (χ4v) is 5.52.